The molecule has 0 radical (unpaired) electrons. The summed E-state index contributed by atoms with van der Waals surface area (Å²) in [4.78, 5) is 26.7. The van der Waals surface area contributed by atoms with Crippen molar-refractivity contribution in [3.05, 3.63) is 62.5 Å². The minimum atomic E-state index is -0.0397. The number of carbonyl (C=O) groups is 1. The average Bonchev–Trinajstić information content (AvgIpc) is 3.48. The van der Waals surface area contributed by atoms with Gasteiger partial charge in [0, 0.05) is 35.1 Å². The molecule has 1 amide bonds. The van der Waals surface area contributed by atoms with Gasteiger partial charge in [0.2, 0.25) is 0 Å². The van der Waals surface area contributed by atoms with Crippen molar-refractivity contribution in [3.8, 4) is 0 Å². The van der Waals surface area contributed by atoms with Gasteiger partial charge in [0.25, 0.3) is 11.5 Å². The molecule has 1 saturated carbocycles. The van der Waals surface area contributed by atoms with Gasteiger partial charge in [-0.05, 0) is 56.0 Å². The monoisotopic (exact) mass is 401 g/mol. The zero-order chi connectivity index (χ0) is 17.4. The van der Waals surface area contributed by atoms with Crippen LogP contribution in [0.1, 0.15) is 53.7 Å². The van der Waals surface area contributed by atoms with Crippen molar-refractivity contribution in [2.45, 2.75) is 37.6 Å². The number of likely N-dealkylation sites (tertiary alicyclic amines) is 1. The van der Waals surface area contributed by atoms with E-state index in [9.17, 15) is 9.59 Å². The lowest BCUT2D eigenvalue weighted by molar-refractivity contribution is 0.0687. The summed E-state index contributed by atoms with van der Waals surface area (Å²) in [5.41, 5.74) is 1.70. The molecule has 0 spiro atoms. The summed E-state index contributed by atoms with van der Waals surface area (Å²) < 4.78 is 2.61. The predicted molar refractivity (Wildman–Crippen MR) is 98.8 cm³/mol. The van der Waals surface area contributed by atoms with Gasteiger partial charge in [0.1, 0.15) is 0 Å². The average molecular weight is 402 g/mol. The fourth-order valence-corrected chi connectivity index (χ4v) is 3.65. The maximum Gasteiger partial charge on any atom is 0.267 e. The van der Waals surface area contributed by atoms with Crippen LogP contribution in [-0.2, 0) is 0 Å². The van der Waals surface area contributed by atoms with Crippen molar-refractivity contribution in [3.63, 3.8) is 0 Å². The van der Waals surface area contributed by atoms with Gasteiger partial charge in [-0.15, -0.1) is 0 Å². The predicted octanol–water partition coefficient (Wildman–Crippen LogP) is 3.36. The topological polar surface area (TPSA) is 55.2 Å². The summed E-state index contributed by atoms with van der Waals surface area (Å²) in [6, 6.07) is 11.0. The van der Waals surface area contributed by atoms with Crippen molar-refractivity contribution in [1.82, 2.24) is 14.7 Å². The fraction of sp³-hybridized carbons (Fsp3) is 0.421. The third kappa shape index (κ3) is 3.54. The highest BCUT2D eigenvalue weighted by atomic mass is 79.9. The van der Waals surface area contributed by atoms with Crippen LogP contribution >= 0.6 is 15.9 Å². The molecule has 6 heteroatoms. The molecule has 1 aliphatic carbocycles. The summed E-state index contributed by atoms with van der Waals surface area (Å²) in [5.74, 6) is 0.587. The number of rotatable bonds is 3. The second kappa shape index (κ2) is 6.75. The van der Waals surface area contributed by atoms with Crippen LogP contribution in [0, 0.1) is 0 Å². The zero-order valence-corrected chi connectivity index (χ0v) is 15.5. The molecule has 5 nitrogen and oxygen atoms in total. The molecule has 2 heterocycles. The van der Waals surface area contributed by atoms with E-state index in [1.54, 1.807) is 10.7 Å². The minimum Gasteiger partial charge on any atom is -0.338 e. The maximum atomic E-state index is 12.6. The molecular weight excluding hydrogens is 382 g/mol. The Morgan fingerprint density at radius 1 is 1.00 bits per heavy atom. The third-order valence-corrected chi connectivity index (χ3v) is 5.56. The summed E-state index contributed by atoms with van der Waals surface area (Å²) in [7, 11) is 0. The number of carbonyl (C=O) groups excluding carboxylic acids is 1. The lowest BCUT2D eigenvalue weighted by Gasteiger charge is -2.32. The fourth-order valence-electron chi connectivity index (χ4n) is 3.39. The van der Waals surface area contributed by atoms with E-state index in [1.165, 1.54) is 12.8 Å². The molecule has 0 bridgehead atoms. The van der Waals surface area contributed by atoms with Gasteiger partial charge in [-0.3, -0.25) is 9.59 Å². The molecule has 1 saturated heterocycles. The Balaban J connectivity index is 1.44. The van der Waals surface area contributed by atoms with Crippen LogP contribution in [0.4, 0.5) is 0 Å². The maximum absolute atomic E-state index is 12.6. The van der Waals surface area contributed by atoms with Crippen molar-refractivity contribution in [2.75, 3.05) is 13.1 Å². The number of halogens is 1. The molecule has 1 aromatic heterocycles. The Kier molecular flexibility index (Phi) is 4.46. The van der Waals surface area contributed by atoms with Crippen molar-refractivity contribution >= 4 is 21.8 Å². The highest BCUT2D eigenvalue weighted by Crippen LogP contribution is 2.38. The highest BCUT2D eigenvalue weighted by molar-refractivity contribution is 9.10. The first-order chi connectivity index (χ1) is 12.1. The molecule has 1 aliphatic heterocycles. The molecular formula is C19H20BrN3O2. The summed E-state index contributed by atoms with van der Waals surface area (Å²) >= 11 is 3.39. The Hall–Kier alpha value is -1.95. The standard InChI is InChI=1S/C19H20BrN3O2/c20-15-5-3-14(4-6-15)19(25)22-11-9-16(10-12-22)23-18(24)8-7-17(21-23)13-1-2-13/h3-8,13,16H,1-2,9-12H2. The molecule has 4 rings (SSSR count). The quantitative estimate of drug-likeness (QED) is 0.791. The van der Waals surface area contributed by atoms with Crippen LogP contribution < -0.4 is 5.56 Å². The summed E-state index contributed by atoms with van der Waals surface area (Å²) in [6.07, 6.45) is 3.88. The molecule has 1 aromatic carbocycles. The first-order valence-corrected chi connectivity index (χ1v) is 9.56. The number of piperidine rings is 1. The summed E-state index contributed by atoms with van der Waals surface area (Å²) in [5, 5.41) is 4.59. The van der Waals surface area contributed by atoms with Crippen LogP contribution in [0.25, 0.3) is 0 Å². The van der Waals surface area contributed by atoms with Crippen LogP contribution in [-0.4, -0.2) is 33.7 Å². The Labute approximate surface area is 154 Å². The van der Waals surface area contributed by atoms with E-state index in [2.05, 4.69) is 21.0 Å². The number of aromatic nitrogens is 2. The number of hydrogen-bond acceptors (Lipinski definition) is 3. The Morgan fingerprint density at radius 3 is 2.32 bits per heavy atom. The van der Waals surface area contributed by atoms with E-state index in [0.29, 0.717) is 24.6 Å². The van der Waals surface area contributed by atoms with Crippen molar-refractivity contribution < 1.29 is 4.79 Å². The number of amides is 1. The zero-order valence-electron chi connectivity index (χ0n) is 13.9. The van der Waals surface area contributed by atoms with Gasteiger partial charge in [-0.2, -0.15) is 5.10 Å². The van der Waals surface area contributed by atoms with Gasteiger partial charge in [0.05, 0.1) is 11.7 Å². The highest BCUT2D eigenvalue weighted by Gasteiger charge is 2.29. The molecule has 0 unspecified atom stereocenters. The molecule has 0 atom stereocenters. The van der Waals surface area contributed by atoms with Crippen molar-refractivity contribution in [2.24, 2.45) is 0 Å². The van der Waals surface area contributed by atoms with Gasteiger partial charge >= 0.3 is 0 Å². The SMILES string of the molecule is O=C(c1ccc(Br)cc1)N1CCC(n2nc(C3CC3)ccc2=O)CC1. The van der Waals surface area contributed by atoms with Gasteiger partial charge in [0.15, 0.2) is 0 Å². The van der Waals surface area contributed by atoms with Crippen LogP contribution in [0.15, 0.2) is 45.7 Å². The minimum absolute atomic E-state index is 0.0397. The second-order valence-corrected chi connectivity index (χ2v) is 7.76. The summed E-state index contributed by atoms with van der Waals surface area (Å²) in [6.45, 7) is 1.31. The second-order valence-electron chi connectivity index (χ2n) is 6.85. The van der Waals surface area contributed by atoms with E-state index in [0.717, 1.165) is 23.0 Å². The first kappa shape index (κ1) is 16.5. The molecule has 0 N–H and O–H groups in total. The molecule has 2 aromatic rings. The van der Waals surface area contributed by atoms with Crippen LogP contribution in [0.5, 0.6) is 0 Å². The lowest BCUT2D eigenvalue weighted by atomic mass is 10.0. The third-order valence-electron chi connectivity index (χ3n) is 5.03. The lowest BCUT2D eigenvalue weighted by Crippen LogP contribution is -2.41. The number of benzene rings is 1. The van der Waals surface area contributed by atoms with Crippen LogP contribution in [0.3, 0.4) is 0 Å². The normalized spacial score (nSPS) is 18.4. The number of nitrogens with zero attached hydrogens (tertiary/aromatic N) is 3. The largest absolute Gasteiger partial charge is 0.338 e. The Bertz CT molecular complexity index is 834. The smallest absolute Gasteiger partial charge is 0.267 e. The molecule has 2 aliphatic rings. The molecule has 25 heavy (non-hydrogen) atoms. The van der Waals surface area contributed by atoms with Gasteiger partial charge < -0.3 is 4.90 Å². The van der Waals surface area contributed by atoms with E-state index < -0.39 is 0 Å². The van der Waals surface area contributed by atoms with E-state index >= 15 is 0 Å². The first-order valence-electron chi connectivity index (χ1n) is 8.76. The molecule has 130 valence electrons. The van der Waals surface area contributed by atoms with E-state index in [4.69, 9.17) is 0 Å². The molecule has 2 fully saturated rings. The van der Waals surface area contributed by atoms with Gasteiger partial charge in [-0.1, -0.05) is 15.9 Å². The van der Waals surface area contributed by atoms with Gasteiger partial charge in [-0.25, -0.2) is 4.68 Å². The van der Waals surface area contributed by atoms with E-state index in [1.807, 2.05) is 35.2 Å². The van der Waals surface area contributed by atoms with Crippen molar-refractivity contribution in [1.29, 1.82) is 0 Å². The van der Waals surface area contributed by atoms with E-state index in [-0.39, 0.29) is 17.5 Å². The number of hydrogen-bond donors (Lipinski definition) is 0. The van der Waals surface area contributed by atoms with Crippen LogP contribution in [0.2, 0.25) is 0 Å². The Morgan fingerprint density at radius 2 is 1.68 bits per heavy atom.